The molecule has 0 aliphatic carbocycles. The van der Waals surface area contributed by atoms with Gasteiger partial charge in [0.1, 0.15) is 11.6 Å². The van der Waals surface area contributed by atoms with Crippen LogP contribution in [0.25, 0.3) is 11.1 Å². The van der Waals surface area contributed by atoms with Crippen LogP contribution in [-0.4, -0.2) is 58.4 Å². The molecule has 0 aliphatic rings. The van der Waals surface area contributed by atoms with E-state index in [1.54, 1.807) is 24.3 Å². The van der Waals surface area contributed by atoms with E-state index in [0.717, 1.165) is 49.7 Å². The zero-order valence-corrected chi connectivity index (χ0v) is 25.8. The highest BCUT2D eigenvalue weighted by molar-refractivity contribution is 5.83. The number of methoxy groups -OCH3 is 2. The number of rotatable bonds is 21. The van der Waals surface area contributed by atoms with Crippen LogP contribution in [0.3, 0.4) is 0 Å². The second-order valence-electron chi connectivity index (χ2n) is 11.2. The first-order valence-corrected chi connectivity index (χ1v) is 15.3. The number of aryl methyl sites for hydroxylation is 2. The van der Waals surface area contributed by atoms with Crippen molar-refractivity contribution in [2.75, 3.05) is 14.2 Å². The van der Waals surface area contributed by atoms with Gasteiger partial charge in [0.15, 0.2) is 23.0 Å². The fourth-order valence-electron chi connectivity index (χ4n) is 5.10. The summed E-state index contributed by atoms with van der Waals surface area (Å²) < 4.78 is 10.8. The molecular formula is C34H50O8. The first-order valence-electron chi connectivity index (χ1n) is 15.3. The molecule has 42 heavy (non-hydrogen) atoms. The molecule has 0 bridgehead atoms. The number of aromatic hydroxyl groups is 2. The van der Waals surface area contributed by atoms with Gasteiger partial charge in [-0.05, 0) is 61.1 Å². The molecule has 2 atom stereocenters. The van der Waals surface area contributed by atoms with Gasteiger partial charge in [0.25, 0.3) is 0 Å². The van der Waals surface area contributed by atoms with Crippen molar-refractivity contribution in [1.29, 1.82) is 0 Å². The van der Waals surface area contributed by atoms with Crippen LogP contribution in [0.4, 0.5) is 0 Å². The number of benzene rings is 2. The van der Waals surface area contributed by atoms with Gasteiger partial charge in [-0.15, -0.1) is 0 Å². The lowest BCUT2D eigenvalue weighted by Crippen LogP contribution is -2.14. The molecule has 2 unspecified atom stereocenters. The van der Waals surface area contributed by atoms with E-state index < -0.39 is 12.2 Å². The molecule has 0 saturated carbocycles. The highest BCUT2D eigenvalue weighted by Crippen LogP contribution is 2.45. The maximum atomic E-state index is 12.5. The summed E-state index contributed by atoms with van der Waals surface area (Å²) in [6, 6.07) is 6.73. The number of aliphatic hydroxyl groups excluding tert-OH is 2. The van der Waals surface area contributed by atoms with E-state index in [4.69, 9.17) is 9.47 Å². The summed E-state index contributed by atoms with van der Waals surface area (Å²) in [5, 5.41) is 42.3. The van der Waals surface area contributed by atoms with Crippen molar-refractivity contribution in [2.24, 2.45) is 0 Å². The summed E-state index contributed by atoms with van der Waals surface area (Å²) in [7, 11) is 2.86. The Kier molecular flexibility index (Phi) is 15.4. The molecule has 0 aliphatic heterocycles. The second kappa shape index (κ2) is 18.4. The van der Waals surface area contributed by atoms with Crippen LogP contribution < -0.4 is 9.47 Å². The number of ether oxygens (including phenoxy) is 2. The molecule has 234 valence electrons. The Bertz CT molecular complexity index is 1050. The molecule has 0 saturated heterocycles. The minimum Gasteiger partial charge on any atom is -0.504 e. The Morgan fingerprint density at radius 1 is 0.667 bits per heavy atom. The molecule has 0 aromatic heterocycles. The third-order valence-corrected chi connectivity index (χ3v) is 7.59. The Labute approximate surface area is 250 Å². The van der Waals surface area contributed by atoms with Crippen molar-refractivity contribution in [3.05, 3.63) is 35.4 Å². The van der Waals surface area contributed by atoms with Gasteiger partial charge in [-0.2, -0.15) is 0 Å². The molecule has 8 heteroatoms. The van der Waals surface area contributed by atoms with Crippen molar-refractivity contribution >= 4 is 11.6 Å². The van der Waals surface area contributed by atoms with E-state index in [1.807, 2.05) is 0 Å². The summed E-state index contributed by atoms with van der Waals surface area (Å²) in [6.45, 7) is 4.18. The lowest BCUT2D eigenvalue weighted by molar-refractivity contribution is -0.121. The maximum Gasteiger partial charge on any atom is 0.165 e. The van der Waals surface area contributed by atoms with Crippen LogP contribution in [0, 0.1) is 0 Å². The number of phenols is 2. The Morgan fingerprint density at radius 2 is 1.05 bits per heavy atom. The van der Waals surface area contributed by atoms with Crippen LogP contribution in [0.2, 0.25) is 0 Å². The molecule has 8 nitrogen and oxygen atoms in total. The summed E-state index contributed by atoms with van der Waals surface area (Å²) >= 11 is 0. The molecule has 0 fully saturated rings. The minimum atomic E-state index is -0.641. The largest absolute Gasteiger partial charge is 0.504 e. The molecule has 4 N–H and O–H groups in total. The predicted octanol–water partition coefficient (Wildman–Crippen LogP) is 6.45. The average Bonchev–Trinajstić information content (AvgIpc) is 2.96. The molecule has 2 rings (SSSR count). The Morgan fingerprint density at radius 3 is 1.38 bits per heavy atom. The van der Waals surface area contributed by atoms with E-state index in [1.165, 1.54) is 14.2 Å². The van der Waals surface area contributed by atoms with Gasteiger partial charge in [-0.3, -0.25) is 9.59 Å². The van der Waals surface area contributed by atoms with Crippen molar-refractivity contribution in [3.8, 4) is 34.1 Å². The van der Waals surface area contributed by atoms with Gasteiger partial charge < -0.3 is 29.9 Å². The minimum absolute atomic E-state index is 0.0424. The monoisotopic (exact) mass is 586 g/mol. The SMILES string of the molecule is CCCCCC(O)CC(=O)CCc1cc(OC)c(O)c(-c2cc(CCC(=O)CC(O)CCCCC)cc(OC)c2O)c1. The number of ketones is 2. The first-order chi connectivity index (χ1) is 20.1. The predicted molar refractivity (Wildman–Crippen MR) is 164 cm³/mol. The summed E-state index contributed by atoms with van der Waals surface area (Å²) in [5.74, 6) is -0.0194. The number of Topliss-reactive ketones (excluding diaryl/α,β-unsaturated/α-hetero) is 2. The van der Waals surface area contributed by atoms with Gasteiger partial charge >= 0.3 is 0 Å². The van der Waals surface area contributed by atoms with Gasteiger partial charge in [-0.1, -0.05) is 52.4 Å². The Balaban J connectivity index is 2.22. The van der Waals surface area contributed by atoms with Gasteiger partial charge in [0.05, 0.1) is 26.4 Å². The van der Waals surface area contributed by atoms with Crippen LogP contribution in [0.15, 0.2) is 24.3 Å². The molecule has 0 amide bonds. The average molecular weight is 587 g/mol. The van der Waals surface area contributed by atoms with Gasteiger partial charge in [-0.25, -0.2) is 0 Å². The van der Waals surface area contributed by atoms with Crippen molar-refractivity contribution < 1.29 is 39.5 Å². The highest BCUT2D eigenvalue weighted by atomic mass is 16.5. The number of hydrogen-bond donors (Lipinski definition) is 4. The number of aliphatic hydroxyl groups is 2. The lowest BCUT2D eigenvalue weighted by Gasteiger charge is -2.17. The van der Waals surface area contributed by atoms with Crippen LogP contribution >= 0.6 is 0 Å². The van der Waals surface area contributed by atoms with E-state index in [-0.39, 0.29) is 60.2 Å². The summed E-state index contributed by atoms with van der Waals surface area (Å²) in [6.07, 6.45) is 7.30. The zero-order valence-electron chi connectivity index (χ0n) is 25.8. The van der Waals surface area contributed by atoms with Crippen LogP contribution in [-0.2, 0) is 22.4 Å². The number of carbonyl (C=O) groups is 2. The van der Waals surface area contributed by atoms with E-state index >= 15 is 0 Å². The van der Waals surface area contributed by atoms with Crippen molar-refractivity contribution in [1.82, 2.24) is 0 Å². The number of phenolic OH excluding ortho intramolecular Hbond substituents is 2. The second-order valence-corrected chi connectivity index (χ2v) is 11.2. The fraction of sp³-hybridized carbons (Fsp3) is 0.588. The smallest absolute Gasteiger partial charge is 0.165 e. The normalized spacial score (nSPS) is 12.6. The van der Waals surface area contributed by atoms with Crippen LogP contribution in [0.5, 0.6) is 23.0 Å². The number of unbranched alkanes of at least 4 members (excludes halogenated alkanes) is 4. The van der Waals surface area contributed by atoms with E-state index in [2.05, 4.69) is 13.8 Å². The topological polar surface area (TPSA) is 134 Å². The van der Waals surface area contributed by atoms with Crippen molar-refractivity contribution in [2.45, 2.75) is 116 Å². The molecule has 2 aromatic rings. The quantitative estimate of drug-likeness (QED) is 0.123. The fourth-order valence-corrected chi connectivity index (χ4v) is 5.10. The highest BCUT2D eigenvalue weighted by Gasteiger charge is 2.20. The van der Waals surface area contributed by atoms with Gasteiger partial charge in [0, 0.05) is 36.8 Å². The summed E-state index contributed by atoms with van der Waals surface area (Å²) in [5.41, 5.74) is 2.08. The molecule has 0 spiro atoms. The maximum absolute atomic E-state index is 12.5. The Hall–Kier alpha value is -3.10. The molecule has 0 heterocycles. The molecule has 0 radical (unpaired) electrons. The molecular weight excluding hydrogens is 536 g/mol. The van der Waals surface area contributed by atoms with Crippen molar-refractivity contribution in [3.63, 3.8) is 0 Å². The standard InChI is InChI=1S/C34H50O8/c1-5-7-9-11-25(35)21-27(37)15-13-23-17-29(33(39)31(19-23)41-3)30-18-24(20-32(42-4)34(30)40)14-16-28(38)22-26(36)12-10-8-6-2/h17-20,25-26,35-36,39-40H,5-16,21-22H2,1-4H3. The van der Waals surface area contributed by atoms with E-state index in [0.29, 0.717) is 36.8 Å². The molecule has 2 aromatic carbocycles. The third-order valence-electron chi connectivity index (χ3n) is 7.59. The third kappa shape index (κ3) is 11.3. The van der Waals surface area contributed by atoms with Gasteiger partial charge in [0.2, 0.25) is 0 Å². The van der Waals surface area contributed by atoms with E-state index in [9.17, 15) is 30.0 Å². The van der Waals surface area contributed by atoms with Crippen LogP contribution in [0.1, 0.15) is 102 Å². The number of carbonyl (C=O) groups excluding carboxylic acids is 2. The summed E-state index contributed by atoms with van der Waals surface area (Å²) in [4.78, 5) is 25.1. The number of hydrogen-bond acceptors (Lipinski definition) is 8. The first kappa shape index (κ1) is 35.1. The lowest BCUT2D eigenvalue weighted by atomic mass is 9.94. The zero-order chi connectivity index (χ0) is 31.1.